The number of hydrogen-bond acceptors (Lipinski definition) is 3. The minimum atomic E-state index is -0.0366. The molecule has 0 aliphatic rings. The summed E-state index contributed by atoms with van der Waals surface area (Å²) in [5.74, 6) is -0.0366. The molecule has 0 saturated heterocycles. The van der Waals surface area contributed by atoms with Crippen molar-refractivity contribution < 1.29 is 4.79 Å². The molecule has 0 radical (unpaired) electrons. The summed E-state index contributed by atoms with van der Waals surface area (Å²) in [4.78, 5) is 10.7. The summed E-state index contributed by atoms with van der Waals surface area (Å²) in [7, 11) is 0. The zero-order chi connectivity index (χ0) is 8.53. The van der Waals surface area contributed by atoms with E-state index in [0.717, 1.165) is 0 Å². The zero-order valence-electron chi connectivity index (χ0n) is 6.47. The van der Waals surface area contributed by atoms with Crippen LogP contribution in [0.4, 0.5) is 0 Å². The predicted molar refractivity (Wildman–Crippen MR) is 41.5 cm³/mol. The van der Waals surface area contributed by atoms with Crippen molar-refractivity contribution in [1.82, 2.24) is 5.32 Å². The molecular weight excluding hydrogens is 142 g/mol. The van der Waals surface area contributed by atoms with Crippen LogP contribution >= 0.6 is 0 Å². The van der Waals surface area contributed by atoms with Gasteiger partial charge in [0.15, 0.2) is 0 Å². The Morgan fingerprint density at radius 2 is 2.36 bits per heavy atom. The predicted octanol–water partition coefficient (Wildman–Crippen LogP) is -0.245. The SMILES string of the molecule is N#CCCCNC(=O)CCN. The van der Waals surface area contributed by atoms with Gasteiger partial charge in [0.25, 0.3) is 0 Å². The van der Waals surface area contributed by atoms with Crippen LogP contribution in [0.2, 0.25) is 0 Å². The molecule has 0 aromatic heterocycles. The van der Waals surface area contributed by atoms with Gasteiger partial charge in [-0.15, -0.1) is 0 Å². The smallest absolute Gasteiger partial charge is 0.221 e. The van der Waals surface area contributed by atoms with Gasteiger partial charge in [-0.25, -0.2) is 0 Å². The third-order valence-electron chi connectivity index (χ3n) is 1.16. The Hall–Kier alpha value is -1.08. The maximum absolute atomic E-state index is 10.7. The van der Waals surface area contributed by atoms with E-state index in [1.54, 1.807) is 0 Å². The van der Waals surface area contributed by atoms with Crippen molar-refractivity contribution in [1.29, 1.82) is 5.26 Å². The third-order valence-corrected chi connectivity index (χ3v) is 1.16. The Morgan fingerprint density at radius 1 is 1.64 bits per heavy atom. The lowest BCUT2D eigenvalue weighted by Crippen LogP contribution is -2.26. The summed E-state index contributed by atoms with van der Waals surface area (Å²) >= 11 is 0. The number of amides is 1. The summed E-state index contributed by atoms with van der Waals surface area (Å²) in [5.41, 5.74) is 5.15. The fourth-order valence-corrected chi connectivity index (χ4v) is 0.615. The largest absolute Gasteiger partial charge is 0.356 e. The van der Waals surface area contributed by atoms with Gasteiger partial charge in [-0.05, 0) is 6.42 Å². The fraction of sp³-hybridized carbons (Fsp3) is 0.714. The van der Waals surface area contributed by atoms with Crippen LogP contribution in [0.15, 0.2) is 0 Å². The second kappa shape index (κ2) is 7.03. The van der Waals surface area contributed by atoms with E-state index in [9.17, 15) is 4.79 Å². The monoisotopic (exact) mass is 155 g/mol. The normalized spacial score (nSPS) is 8.73. The first-order valence-corrected chi connectivity index (χ1v) is 3.65. The number of nitrogens with zero attached hydrogens (tertiary/aromatic N) is 1. The second-order valence-electron chi connectivity index (χ2n) is 2.15. The lowest BCUT2D eigenvalue weighted by Gasteiger charge is -2.00. The molecule has 62 valence electrons. The molecule has 0 aliphatic heterocycles. The first-order chi connectivity index (χ1) is 5.31. The lowest BCUT2D eigenvalue weighted by atomic mass is 10.3. The average molecular weight is 155 g/mol. The van der Waals surface area contributed by atoms with Gasteiger partial charge in [-0.1, -0.05) is 0 Å². The van der Waals surface area contributed by atoms with E-state index in [0.29, 0.717) is 32.4 Å². The molecule has 0 spiro atoms. The van der Waals surface area contributed by atoms with Gasteiger partial charge < -0.3 is 11.1 Å². The molecule has 0 fully saturated rings. The van der Waals surface area contributed by atoms with Crippen molar-refractivity contribution in [3.63, 3.8) is 0 Å². The van der Waals surface area contributed by atoms with Crippen LogP contribution in [0.25, 0.3) is 0 Å². The Morgan fingerprint density at radius 3 is 2.91 bits per heavy atom. The van der Waals surface area contributed by atoms with E-state index in [2.05, 4.69) is 5.32 Å². The van der Waals surface area contributed by atoms with E-state index >= 15 is 0 Å². The Bertz CT molecular complexity index is 150. The molecule has 11 heavy (non-hydrogen) atoms. The van der Waals surface area contributed by atoms with Gasteiger partial charge in [0.05, 0.1) is 6.07 Å². The first-order valence-electron chi connectivity index (χ1n) is 3.65. The highest BCUT2D eigenvalue weighted by atomic mass is 16.1. The zero-order valence-corrected chi connectivity index (χ0v) is 6.47. The topological polar surface area (TPSA) is 78.9 Å². The van der Waals surface area contributed by atoms with Gasteiger partial charge in [0.2, 0.25) is 5.91 Å². The highest BCUT2D eigenvalue weighted by Gasteiger charge is 1.96. The van der Waals surface area contributed by atoms with E-state index in [4.69, 9.17) is 11.0 Å². The van der Waals surface area contributed by atoms with E-state index in [1.165, 1.54) is 0 Å². The summed E-state index contributed by atoms with van der Waals surface area (Å²) in [6, 6.07) is 2.00. The van der Waals surface area contributed by atoms with Gasteiger partial charge >= 0.3 is 0 Å². The van der Waals surface area contributed by atoms with E-state index < -0.39 is 0 Å². The molecule has 1 amide bonds. The molecule has 0 rings (SSSR count). The molecule has 0 saturated carbocycles. The first kappa shape index (κ1) is 9.92. The number of nitrogens with two attached hydrogens (primary N) is 1. The standard InChI is InChI=1S/C7H13N3O/c8-4-1-2-6-10-7(11)3-5-9/h1-3,5-6,9H2,(H,10,11). The van der Waals surface area contributed by atoms with Crippen molar-refractivity contribution in [2.45, 2.75) is 19.3 Å². The number of unbranched alkanes of at least 4 members (excludes halogenated alkanes) is 1. The van der Waals surface area contributed by atoms with Crippen LogP contribution in [0, 0.1) is 11.3 Å². The van der Waals surface area contributed by atoms with Crippen molar-refractivity contribution in [3.8, 4) is 6.07 Å². The number of nitrogens with one attached hydrogen (secondary N) is 1. The molecule has 4 heteroatoms. The minimum Gasteiger partial charge on any atom is -0.356 e. The summed E-state index contributed by atoms with van der Waals surface area (Å²) < 4.78 is 0. The summed E-state index contributed by atoms with van der Waals surface area (Å²) in [5, 5.41) is 10.8. The maximum atomic E-state index is 10.7. The number of carbonyl (C=O) groups is 1. The van der Waals surface area contributed by atoms with Gasteiger partial charge in [0.1, 0.15) is 0 Å². The van der Waals surface area contributed by atoms with Crippen LogP contribution in [-0.4, -0.2) is 19.0 Å². The van der Waals surface area contributed by atoms with Crippen LogP contribution in [0.5, 0.6) is 0 Å². The molecule has 0 aromatic rings. The van der Waals surface area contributed by atoms with Crippen LogP contribution in [0.1, 0.15) is 19.3 Å². The van der Waals surface area contributed by atoms with E-state index in [1.807, 2.05) is 6.07 Å². The summed E-state index contributed by atoms with van der Waals surface area (Å²) in [6.45, 7) is 0.955. The average Bonchev–Trinajstić information content (AvgIpc) is 1.99. The highest BCUT2D eigenvalue weighted by Crippen LogP contribution is 1.83. The minimum absolute atomic E-state index is 0.0366. The molecule has 0 heterocycles. The number of nitriles is 1. The van der Waals surface area contributed by atoms with Gasteiger partial charge in [-0.2, -0.15) is 5.26 Å². The van der Waals surface area contributed by atoms with Crippen LogP contribution in [-0.2, 0) is 4.79 Å². The third kappa shape index (κ3) is 6.81. The number of carbonyl (C=O) groups excluding carboxylic acids is 1. The number of hydrogen-bond donors (Lipinski definition) is 2. The highest BCUT2D eigenvalue weighted by molar-refractivity contribution is 5.75. The molecule has 0 aromatic carbocycles. The van der Waals surface area contributed by atoms with Crippen molar-refractivity contribution in [2.75, 3.05) is 13.1 Å². The van der Waals surface area contributed by atoms with Crippen LogP contribution < -0.4 is 11.1 Å². The molecule has 0 unspecified atom stereocenters. The lowest BCUT2D eigenvalue weighted by molar-refractivity contribution is -0.120. The second-order valence-corrected chi connectivity index (χ2v) is 2.15. The van der Waals surface area contributed by atoms with Gasteiger partial charge in [0, 0.05) is 25.9 Å². The van der Waals surface area contributed by atoms with Crippen molar-refractivity contribution in [3.05, 3.63) is 0 Å². The molecule has 0 bridgehead atoms. The van der Waals surface area contributed by atoms with Gasteiger partial charge in [-0.3, -0.25) is 4.79 Å². The summed E-state index contributed by atoms with van der Waals surface area (Å²) in [6.07, 6.45) is 1.57. The Labute approximate surface area is 66.4 Å². The molecule has 0 atom stereocenters. The van der Waals surface area contributed by atoms with Crippen molar-refractivity contribution in [2.24, 2.45) is 5.73 Å². The molecule has 4 nitrogen and oxygen atoms in total. The molecule has 3 N–H and O–H groups in total. The quantitative estimate of drug-likeness (QED) is 0.537. The Balaban J connectivity index is 3.12. The van der Waals surface area contributed by atoms with Crippen LogP contribution in [0.3, 0.4) is 0 Å². The Kier molecular flexibility index (Phi) is 6.34. The van der Waals surface area contributed by atoms with E-state index in [-0.39, 0.29) is 5.91 Å². The van der Waals surface area contributed by atoms with Crippen molar-refractivity contribution >= 4 is 5.91 Å². The number of rotatable bonds is 5. The molecule has 0 aliphatic carbocycles. The maximum Gasteiger partial charge on any atom is 0.221 e. The fourth-order valence-electron chi connectivity index (χ4n) is 0.615. The molecular formula is C7H13N3O.